The van der Waals surface area contributed by atoms with E-state index in [1.165, 1.54) is 24.3 Å². The molecule has 25 heavy (non-hydrogen) atoms. The fourth-order valence-electron chi connectivity index (χ4n) is 2.99. The van der Waals surface area contributed by atoms with Gasteiger partial charge in [0.25, 0.3) is 0 Å². The van der Waals surface area contributed by atoms with E-state index in [-0.39, 0.29) is 23.5 Å². The molecule has 1 aliphatic heterocycles. The minimum atomic E-state index is -0.358. The Hall–Kier alpha value is -2.40. The van der Waals surface area contributed by atoms with Gasteiger partial charge in [0, 0.05) is 35.3 Å². The second kappa shape index (κ2) is 7.66. The maximum Gasteiger partial charge on any atom is 0.321 e. The van der Waals surface area contributed by atoms with Gasteiger partial charge in [0.05, 0.1) is 0 Å². The van der Waals surface area contributed by atoms with Crippen molar-refractivity contribution in [1.82, 2.24) is 4.90 Å². The molecule has 0 aliphatic carbocycles. The third-order valence-electron chi connectivity index (χ3n) is 4.28. The van der Waals surface area contributed by atoms with Gasteiger partial charge in [-0.3, -0.25) is 4.79 Å². The van der Waals surface area contributed by atoms with Gasteiger partial charge >= 0.3 is 6.03 Å². The van der Waals surface area contributed by atoms with Crippen molar-refractivity contribution in [2.24, 2.45) is 5.92 Å². The molecule has 0 radical (unpaired) electrons. The lowest BCUT2D eigenvalue weighted by atomic mass is 9.90. The number of nitrogens with one attached hydrogen (secondary N) is 1. The second-order valence-electron chi connectivity index (χ2n) is 6.10. The van der Waals surface area contributed by atoms with Gasteiger partial charge in [0.15, 0.2) is 5.78 Å². The van der Waals surface area contributed by atoms with Crippen LogP contribution in [0.2, 0.25) is 5.02 Å². The summed E-state index contributed by atoms with van der Waals surface area (Å²) in [5, 5.41) is 3.26. The van der Waals surface area contributed by atoms with E-state index in [1.54, 1.807) is 29.2 Å². The fourth-order valence-corrected chi connectivity index (χ4v) is 3.18. The first-order chi connectivity index (χ1) is 12.0. The Morgan fingerprint density at radius 2 is 1.92 bits per heavy atom. The molecule has 1 saturated heterocycles. The molecule has 2 aromatic rings. The Labute approximate surface area is 150 Å². The van der Waals surface area contributed by atoms with Crippen molar-refractivity contribution >= 4 is 29.1 Å². The van der Waals surface area contributed by atoms with Gasteiger partial charge < -0.3 is 10.2 Å². The molecule has 1 aliphatic rings. The Morgan fingerprint density at radius 1 is 1.16 bits per heavy atom. The fraction of sp³-hybridized carbons (Fsp3) is 0.263. The van der Waals surface area contributed by atoms with Crippen LogP contribution in [-0.2, 0) is 0 Å². The summed E-state index contributed by atoms with van der Waals surface area (Å²) in [6, 6.07) is 12.2. The highest BCUT2D eigenvalue weighted by atomic mass is 35.5. The molecule has 3 rings (SSSR count). The molecule has 0 saturated carbocycles. The topological polar surface area (TPSA) is 49.4 Å². The molecule has 6 heteroatoms. The van der Waals surface area contributed by atoms with E-state index in [0.717, 1.165) is 12.8 Å². The Kier molecular flexibility index (Phi) is 5.34. The molecular weight excluding hydrogens is 343 g/mol. The molecule has 0 bridgehead atoms. The van der Waals surface area contributed by atoms with Crippen LogP contribution >= 0.6 is 11.6 Å². The van der Waals surface area contributed by atoms with Crippen LogP contribution in [0.15, 0.2) is 48.5 Å². The van der Waals surface area contributed by atoms with E-state index in [0.29, 0.717) is 29.4 Å². The number of halogens is 2. The molecule has 1 atom stereocenters. The number of Topliss-reactive ketones (excluding diaryl/α,β-unsaturated/α-hetero) is 1. The van der Waals surface area contributed by atoms with Gasteiger partial charge in [-0.15, -0.1) is 0 Å². The summed E-state index contributed by atoms with van der Waals surface area (Å²) in [7, 11) is 0. The van der Waals surface area contributed by atoms with Crippen LogP contribution in [0.3, 0.4) is 0 Å². The number of likely N-dealkylation sites (tertiary alicyclic amines) is 1. The Bertz CT molecular complexity index is 779. The predicted molar refractivity (Wildman–Crippen MR) is 95.5 cm³/mol. The van der Waals surface area contributed by atoms with Crippen LogP contribution in [0.4, 0.5) is 14.9 Å². The summed E-state index contributed by atoms with van der Waals surface area (Å²) in [4.78, 5) is 26.7. The average Bonchev–Trinajstić information content (AvgIpc) is 2.63. The number of hydrogen-bond donors (Lipinski definition) is 1. The summed E-state index contributed by atoms with van der Waals surface area (Å²) in [5.41, 5.74) is 1.09. The maximum atomic E-state index is 12.9. The zero-order chi connectivity index (χ0) is 17.8. The van der Waals surface area contributed by atoms with Crippen LogP contribution < -0.4 is 5.32 Å². The van der Waals surface area contributed by atoms with Crippen molar-refractivity contribution in [3.05, 3.63) is 64.9 Å². The molecule has 0 aromatic heterocycles. The average molecular weight is 361 g/mol. The third-order valence-corrected chi connectivity index (χ3v) is 4.52. The van der Waals surface area contributed by atoms with E-state index in [2.05, 4.69) is 5.32 Å². The van der Waals surface area contributed by atoms with Gasteiger partial charge in [-0.05, 0) is 49.2 Å². The van der Waals surface area contributed by atoms with Gasteiger partial charge in [-0.1, -0.05) is 23.7 Å². The SMILES string of the molecule is O=C(c1cccc(Cl)c1)C1CCCN(C(=O)Nc2ccc(F)cc2)C1. The number of amides is 2. The standard InChI is InChI=1S/C19H18ClFN2O2/c20-15-5-1-3-13(11-15)18(24)14-4-2-10-23(12-14)19(25)22-17-8-6-16(21)7-9-17/h1,3,5-9,11,14H,2,4,10,12H2,(H,22,25). The van der Waals surface area contributed by atoms with E-state index >= 15 is 0 Å². The predicted octanol–water partition coefficient (Wildman–Crippen LogP) is 4.61. The van der Waals surface area contributed by atoms with Crippen molar-refractivity contribution < 1.29 is 14.0 Å². The number of piperidine rings is 1. The lowest BCUT2D eigenvalue weighted by molar-refractivity contribution is 0.0851. The number of carbonyl (C=O) groups excluding carboxylic acids is 2. The van der Waals surface area contributed by atoms with Gasteiger partial charge in [0.2, 0.25) is 0 Å². The molecule has 2 amide bonds. The van der Waals surface area contributed by atoms with E-state index in [9.17, 15) is 14.0 Å². The lowest BCUT2D eigenvalue weighted by Gasteiger charge is -2.32. The van der Waals surface area contributed by atoms with Gasteiger partial charge in [-0.2, -0.15) is 0 Å². The lowest BCUT2D eigenvalue weighted by Crippen LogP contribution is -2.44. The van der Waals surface area contributed by atoms with Crippen LogP contribution in [0.5, 0.6) is 0 Å². The first-order valence-corrected chi connectivity index (χ1v) is 8.52. The summed E-state index contributed by atoms with van der Waals surface area (Å²) in [6.07, 6.45) is 1.50. The van der Waals surface area contributed by atoms with E-state index < -0.39 is 0 Å². The molecule has 130 valence electrons. The molecule has 2 aromatic carbocycles. The third kappa shape index (κ3) is 4.37. The maximum absolute atomic E-state index is 12.9. The Morgan fingerprint density at radius 3 is 2.64 bits per heavy atom. The number of hydrogen-bond acceptors (Lipinski definition) is 2. The zero-order valence-corrected chi connectivity index (χ0v) is 14.3. The number of ketones is 1. The minimum Gasteiger partial charge on any atom is -0.324 e. The summed E-state index contributed by atoms with van der Waals surface area (Å²) in [6.45, 7) is 0.949. The van der Waals surface area contributed by atoms with Crippen molar-refractivity contribution in [3.8, 4) is 0 Å². The quantitative estimate of drug-likeness (QED) is 0.813. The largest absolute Gasteiger partial charge is 0.324 e. The number of benzene rings is 2. The van der Waals surface area contributed by atoms with E-state index in [4.69, 9.17) is 11.6 Å². The van der Waals surface area contributed by atoms with Crippen molar-refractivity contribution in [2.45, 2.75) is 12.8 Å². The summed E-state index contributed by atoms with van der Waals surface area (Å²) >= 11 is 5.95. The number of rotatable bonds is 3. The van der Waals surface area contributed by atoms with Crippen molar-refractivity contribution in [1.29, 1.82) is 0 Å². The first kappa shape index (κ1) is 17.4. The minimum absolute atomic E-state index is 0.00165. The number of nitrogens with zero attached hydrogens (tertiary/aromatic N) is 1. The Balaban J connectivity index is 1.65. The smallest absolute Gasteiger partial charge is 0.321 e. The molecule has 0 spiro atoms. The number of urea groups is 1. The van der Waals surface area contributed by atoms with E-state index in [1.807, 2.05) is 0 Å². The molecule has 1 N–H and O–H groups in total. The zero-order valence-electron chi connectivity index (χ0n) is 13.5. The van der Waals surface area contributed by atoms with Crippen LogP contribution in [-0.4, -0.2) is 29.8 Å². The molecular formula is C19H18ClFN2O2. The highest BCUT2D eigenvalue weighted by molar-refractivity contribution is 6.31. The molecule has 1 fully saturated rings. The van der Waals surface area contributed by atoms with Crippen LogP contribution in [0.1, 0.15) is 23.2 Å². The normalized spacial score (nSPS) is 17.2. The van der Waals surface area contributed by atoms with Crippen molar-refractivity contribution in [3.63, 3.8) is 0 Å². The summed E-state index contributed by atoms with van der Waals surface area (Å²) in [5.74, 6) is -0.601. The molecule has 4 nitrogen and oxygen atoms in total. The van der Waals surface area contributed by atoms with Gasteiger partial charge in [0.1, 0.15) is 5.82 Å². The van der Waals surface area contributed by atoms with Gasteiger partial charge in [-0.25, -0.2) is 9.18 Å². The van der Waals surface area contributed by atoms with Crippen LogP contribution in [0, 0.1) is 11.7 Å². The summed E-state index contributed by atoms with van der Waals surface area (Å²) < 4.78 is 12.9. The molecule has 1 unspecified atom stereocenters. The first-order valence-electron chi connectivity index (χ1n) is 8.14. The highest BCUT2D eigenvalue weighted by Gasteiger charge is 2.29. The molecule has 1 heterocycles. The number of carbonyl (C=O) groups is 2. The van der Waals surface area contributed by atoms with Crippen molar-refractivity contribution in [2.75, 3.05) is 18.4 Å². The highest BCUT2D eigenvalue weighted by Crippen LogP contribution is 2.23. The monoisotopic (exact) mass is 360 g/mol. The number of anilines is 1. The van der Waals surface area contributed by atoms with Crippen LogP contribution in [0.25, 0.3) is 0 Å². The second-order valence-corrected chi connectivity index (χ2v) is 6.53.